The summed E-state index contributed by atoms with van der Waals surface area (Å²) in [6.45, 7) is 4.20. The molecule has 2 amide bonds. The van der Waals surface area contributed by atoms with E-state index in [1.54, 1.807) is 25.1 Å². The van der Waals surface area contributed by atoms with Crippen LogP contribution in [0.2, 0.25) is 0 Å². The molecule has 1 aromatic rings. The average Bonchev–Trinajstić information content (AvgIpc) is 2.53. The van der Waals surface area contributed by atoms with Gasteiger partial charge in [0, 0.05) is 13.1 Å². The van der Waals surface area contributed by atoms with Crippen molar-refractivity contribution in [2.45, 2.75) is 31.2 Å². The van der Waals surface area contributed by atoms with Crippen LogP contribution in [0.5, 0.6) is 0 Å². The first-order valence-corrected chi connectivity index (χ1v) is 9.38. The van der Waals surface area contributed by atoms with Crippen molar-refractivity contribution >= 4 is 21.7 Å². The zero-order chi connectivity index (χ0) is 17.0. The summed E-state index contributed by atoms with van der Waals surface area (Å²) in [6.07, 6.45) is 0.786. The van der Waals surface area contributed by atoms with Crippen LogP contribution in [0, 0.1) is 0 Å². The highest BCUT2D eigenvalue weighted by Crippen LogP contribution is 2.15. The van der Waals surface area contributed by atoms with Crippen LogP contribution >= 0.6 is 0 Å². The summed E-state index contributed by atoms with van der Waals surface area (Å²) in [4.78, 5) is 27.6. The molecule has 1 aromatic carbocycles. The molecule has 6 nitrogen and oxygen atoms in total. The van der Waals surface area contributed by atoms with Gasteiger partial charge in [0.2, 0.25) is 11.8 Å². The maximum Gasteiger partial charge on any atom is 0.245 e. The molecular weight excluding hydrogens is 316 g/mol. The number of benzene rings is 1. The van der Waals surface area contributed by atoms with Gasteiger partial charge in [-0.15, -0.1) is 0 Å². The van der Waals surface area contributed by atoms with Gasteiger partial charge in [0.15, 0.2) is 9.84 Å². The fraction of sp³-hybridized carbons (Fsp3) is 0.500. The van der Waals surface area contributed by atoms with Gasteiger partial charge in [-0.3, -0.25) is 9.59 Å². The smallest absolute Gasteiger partial charge is 0.245 e. The minimum Gasteiger partial charge on any atom is -0.332 e. The first-order valence-electron chi connectivity index (χ1n) is 7.73. The molecule has 23 heavy (non-hydrogen) atoms. The van der Waals surface area contributed by atoms with Crippen molar-refractivity contribution in [2.24, 2.45) is 0 Å². The minimum atomic E-state index is -3.47. The predicted octanol–water partition coefficient (Wildman–Crippen LogP) is 0.930. The maximum absolute atomic E-state index is 12.3. The first-order chi connectivity index (χ1) is 10.9. The molecule has 1 aliphatic rings. The van der Waals surface area contributed by atoms with Gasteiger partial charge in [-0.05, 0) is 25.5 Å². The summed E-state index contributed by atoms with van der Waals surface area (Å²) in [5, 5.41) is 0. The van der Waals surface area contributed by atoms with Gasteiger partial charge in [0.05, 0.1) is 17.2 Å². The molecule has 1 heterocycles. The van der Waals surface area contributed by atoms with Crippen molar-refractivity contribution < 1.29 is 18.0 Å². The third kappa shape index (κ3) is 3.90. The molecule has 0 radical (unpaired) electrons. The number of sulfone groups is 1. The van der Waals surface area contributed by atoms with Crippen LogP contribution in [0.25, 0.3) is 0 Å². The van der Waals surface area contributed by atoms with Gasteiger partial charge < -0.3 is 9.80 Å². The predicted molar refractivity (Wildman–Crippen MR) is 86.5 cm³/mol. The van der Waals surface area contributed by atoms with Gasteiger partial charge in [0.1, 0.15) is 6.04 Å². The van der Waals surface area contributed by atoms with Crippen LogP contribution in [0.1, 0.15) is 20.3 Å². The fourth-order valence-corrected chi connectivity index (χ4v) is 3.93. The molecule has 7 heteroatoms. The van der Waals surface area contributed by atoms with Gasteiger partial charge in [-0.1, -0.05) is 25.1 Å². The number of carbonyl (C=O) groups excluding carboxylic acids is 2. The third-order valence-electron chi connectivity index (χ3n) is 3.98. The van der Waals surface area contributed by atoms with E-state index < -0.39 is 15.9 Å². The Balaban J connectivity index is 2.06. The number of nitrogens with zero attached hydrogens (tertiary/aromatic N) is 2. The third-order valence-corrected chi connectivity index (χ3v) is 5.69. The second kappa shape index (κ2) is 7.12. The lowest BCUT2D eigenvalue weighted by molar-refractivity contribution is -0.154. The summed E-state index contributed by atoms with van der Waals surface area (Å²) in [5.74, 6) is -0.508. The molecule has 0 aromatic heterocycles. The minimum absolute atomic E-state index is 0.0302. The van der Waals surface area contributed by atoms with Crippen molar-refractivity contribution in [3.8, 4) is 0 Å². The Kier molecular flexibility index (Phi) is 5.41. The summed E-state index contributed by atoms with van der Waals surface area (Å²) >= 11 is 0. The Bertz CT molecular complexity index is 673. The van der Waals surface area contributed by atoms with E-state index in [0.717, 1.165) is 6.42 Å². The Morgan fingerprint density at radius 3 is 2.39 bits per heavy atom. The number of carbonyl (C=O) groups is 2. The van der Waals surface area contributed by atoms with Crippen molar-refractivity contribution in [3.05, 3.63) is 30.3 Å². The molecule has 1 aliphatic heterocycles. The Hall–Kier alpha value is -1.89. The lowest BCUT2D eigenvalue weighted by atomic mass is 10.1. The highest BCUT2D eigenvalue weighted by molar-refractivity contribution is 7.91. The Morgan fingerprint density at radius 2 is 1.78 bits per heavy atom. The Morgan fingerprint density at radius 1 is 1.13 bits per heavy atom. The molecule has 0 N–H and O–H groups in total. The van der Waals surface area contributed by atoms with E-state index in [1.165, 1.54) is 21.9 Å². The van der Waals surface area contributed by atoms with Crippen molar-refractivity contribution in [1.29, 1.82) is 0 Å². The van der Waals surface area contributed by atoms with E-state index in [4.69, 9.17) is 0 Å². The number of hydrogen-bond acceptors (Lipinski definition) is 4. The van der Waals surface area contributed by atoms with E-state index in [0.29, 0.717) is 6.54 Å². The molecule has 126 valence electrons. The van der Waals surface area contributed by atoms with Crippen LogP contribution in [0.3, 0.4) is 0 Å². The standard InChI is InChI=1S/C16H22N2O4S/c1-3-9-17-12-15(19)18(13(2)16(17)20)10-11-23(21,22)14-7-5-4-6-8-14/h4-8,13H,3,9-12H2,1-2H3/t13-/m0/s1. The van der Waals surface area contributed by atoms with Gasteiger partial charge in [-0.25, -0.2) is 8.42 Å². The normalized spacial score (nSPS) is 19.3. The summed E-state index contributed by atoms with van der Waals surface area (Å²) in [5.41, 5.74) is 0. The summed E-state index contributed by atoms with van der Waals surface area (Å²) in [6, 6.07) is 7.52. The second-order valence-electron chi connectivity index (χ2n) is 5.65. The van der Waals surface area contributed by atoms with Gasteiger partial charge in [-0.2, -0.15) is 0 Å². The molecule has 0 spiro atoms. The van der Waals surface area contributed by atoms with Crippen LogP contribution < -0.4 is 0 Å². The van der Waals surface area contributed by atoms with Crippen molar-refractivity contribution in [2.75, 3.05) is 25.4 Å². The summed E-state index contributed by atoms with van der Waals surface area (Å²) < 4.78 is 24.6. The fourth-order valence-electron chi connectivity index (χ4n) is 2.69. The average molecular weight is 338 g/mol. The quantitative estimate of drug-likeness (QED) is 0.773. The molecule has 0 unspecified atom stereocenters. The number of piperazine rings is 1. The molecule has 0 saturated carbocycles. The second-order valence-corrected chi connectivity index (χ2v) is 7.76. The number of hydrogen-bond donors (Lipinski definition) is 0. The highest BCUT2D eigenvalue weighted by Gasteiger charge is 2.36. The van der Waals surface area contributed by atoms with E-state index in [9.17, 15) is 18.0 Å². The van der Waals surface area contributed by atoms with E-state index >= 15 is 0 Å². The number of rotatable bonds is 6. The highest BCUT2D eigenvalue weighted by atomic mass is 32.2. The first kappa shape index (κ1) is 17.5. The zero-order valence-electron chi connectivity index (χ0n) is 13.4. The topological polar surface area (TPSA) is 74.8 Å². The maximum atomic E-state index is 12.3. The molecule has 2 rings (SSSR count). The van der Waals surface area contributed by atoms with Gasteiger partial charge in [0.25, 0.3) is 0 Å². The van der Waals surface area contributed by atoms with Crippen LogP contribution in [-0.2, 0) is 19.4 Å². The molecule has 1 atom stereocenters. The number of amides is 2. The van der Waals surface area contributed by atoms with Gasteiger partial charge >= 0.3 is 0 Å². The molecule has 1 saturated heterocycles. The van der Waals surface area contributed by atoms with Crippen molar-refractivity contribution in [3.63, 3.8) is 0 Å². The molecule has 1 fully saturated rings. The summed E-state index contributed by atoms with van der Waals surface area (Å²) in [7, 11) is -3.47. The van der Waals surface area contributed by atoms with E-state index in [1.807, 2.05) is 6.92 Å². The van der Waals surface area contributed by atoms with E-state index in [-0.39, 0.29) is 35.6 Å². The van der Waals surface area contributed by atoms with Crippen LogP contribution in [0.4, 0.5) is 0 Å². The molecule has 0 bridgehead atoms. The Labute approximate surface area is 137 Å². The largest absolute Gasteiger partial charge is 0.332 e. The van der Waals surface area contributed by atoms with Crippen LogP contribution in [-0.4, -0.2) is 61.5 Å². The molecular formula is C16H22N2O4S. The van der Waals surface area contributed by atoms with Crippen molar-refractivity contribution in [1.82, 2.24) is 9.80 Å². The monoisotopic (exact) mass is 338 g/mol. The SMILES string of the molecule is CCCN1CC(=O)N(CCS(=O)(=O)c2ccccc2)[C@@H](C)C1=O. The zero-order valence-corrected chi connectivity index (χ0v) is 14.3. The lowest BCUT2D eigenvalue weighted by Crippen LogP contribution is -2.59. The van der Waals surface area contributed by atoms with E-state index in [2.05, 4.69) is 0 Å². The lowest BCUT2D eigenvalue weighted by Gasteiger charge is -2.38. The van der Waals surface area contributed by atoms with Crippen LogP contribution in [0.15, 0.2) is 35.2 Å². The molecule has 0 aliphatic carbocycles.